The Morgan fingerprint density at radius 2 is 1.67 bits per heavy atom. The number of thiocarbonyl (C=S) groups is 1. The molecule has 182 valence electrons. The van der Waals surface area contributed by atoms with Crippen molar-refractivity contribution >= 4 is 49.7 Å². The number of amides is 1. The summed E-state index contributed by atoms with van der Waals surface area (Å²) in [7, 11) is -3.73. The molecule has 0 fully saturated rings. The molecule has 4 N–H and O–H groups in total. The van der Waals surface area contributed by atoms with Crippen LogP contribution in [0.25, 0.3) is 10.9 Å². The van der Waals surface area contributed by atoms with Crippen LogP contribution >= 0.6 is 12.2 Å². The highest BCUT2D eigenvalue weighted by Gasteiger charge is 2.19. The monoisotopic (exact) mass is 518 g/mol. The number of carbonyl (C=O) groups is 1. The highest BCUT2D eigenvalue weighted by molar-refractivity contribution is 7.90. The van der Waals surface area contributed by atoms with E-state index in [9.17, 15) is 13.2 Å². The van der Waals surface area contributed by atoms with Crippen LogP contribution in [0.5, 0.6) is 11.5 Å². The topological polar surface area (TPSA) is 138 Å². The number of carbonyl (C=O) groups excluding carboxylic acids is 1. The molecule has 0 atom stereocenters. The molecule has 0 radical (unpaired) electrons. The quantitative estimate of drug-likeness (QED) is 0.163. The van der Waals surface area contributed by atoms with Crippen molar-refractivity contribution in [3.8, 4) is 11.5 Å². The fourth-order valence-electron chi connectivity index (χ4n) is 3.51. The predicted octanol–water partition coefficient (Wildman–Crippen LogP) is 3.80. The second-order valence-corrected chi connectivity index (χ2v) is 10.5. The summed E-state index contributed by atoms with van der Waals surface area (Å²) in [4.78, 5) is 20.8. The van der Waals surface area contributed by atoms with Crippen LogP contribution in [-0.2, 0) is 16.3 Å². The third kappa shape index (κ3) is 5.91. The lowest BCUT2D eigenvalue weighted by Gasteiger charge is -2.12. The first-order valence-corrected chi connectivity index (χ1v) is 13.0. The van der Waals surface area contributed by atoms with Gasteiger partial charge in [-0.15, -0.1) is 0 Å². The van der Waals surface area contributed by atoms with Crippen LogP contribution in [0.1, 0.15) is 21.6 Å². The van der Waals surface area contributed by atoms with Crippen LogP contribution < -0.4 is 16.2 Å². The Morgan fingerprint density at radius 1 is 0.972 bits per heavy atom. The number of aliphatic imine (C=N–C) groups is 1. The Bertz CT molecular complexity index is 1610. The molecule has 4 rings (SSSR count). The Balaban J connectivity index is 1.52. The molecule has 0 unspecified atom stereocenters. The van der Waals surface area contributed by atoms with Gasteiger partial charge >= 0.3 is 0 Å². The molecule has 0 bridgehead atoms. The molecule has 0 saturated heterocycles. The molecule has 4 aromatic rings. The molecule has 0 aliphatic carbocycles. The number of fused-ring (bicyclic) bond motifs is 1. The van der Waals surface area contributed by atoms with Crippen molar-refractivity contribution in [2.24, 2.45) is 16.5 Å². The molecule has 1 heterocycles. The van der Waals surface area contributed by atoms with Crippen LogP contribution in [0.15, 0.2) is 88.8 Å². The maximum absolute atomic E-state index is 12.3. The number of hydrogen-bond acceptors (Lipinski definition) is 6. The van der Waals surface area contributed by atoms with E-state index in [0.29, 0.717) is 17.0 Å². The van der Waals surface area contributed by atoms with Crippen LogP contribution in [0.2, 0.25) is 0 Å². The first-order chi connectivity index (χ1) is 17.1. The summed E-state index contributed by atoms with van der Waals surface area (Å²) in [5.41, 5.74) is 13.1. The minimum Gasteiger partial charge on any atom is -0.456 e. The number of rotatable bonds is 7. The lowest BCUT2D eigenvalue weighted by atomic mass is 10.1. The van der Waals surface area contributed by atoms with Crippen molar-refractivity contribution < 1.29 is 17.9 Å². The van der Waals surface area contributed by atoms with E-state index in [1.165, 1.54) is 18.2 Å². The van der Waals surface area contributed by atoms with E-state index in [1.54, 1.807) is 24.3 Å². The number of aromatic nitrogens is 1. The van der Waals surface area contributed by atoms with E-state index in [1.807, 2.05) is 36.4 Å². The summed E-state index contributed by atoms with van der Waals surface area (Å²) in [5.74, 6) is -0.714. The van der Waals surface area contributed by atoms with Gasteiger partial charge in [0.25, 0.3) is 5.91 Å². The Labute approximate surface area is 213 Å². The van der Waals surface area contributed by atoms with Crippen molar-refractivity contribution in [2.75, 3.05) is 6.26 Å². The van der Waals surface area contributed by atoms with E-state index in [-0.39, 0.29) is 16.2 Å². The lowest BCUT2D eigenvalue weighted by molar-refractivity contribution is 0.100. The number of ether oxygens (including phenoxy) is 1. The summed E-state index contributed by atoms with van der Waals surface area (Å²) in [6, 6.07) is 22.8. The summed E-state index contributed by atoms with van der Waals surface area (Å²) in [6.45, 7) is 0. The molecule has 10 heteroatoms. The minimum absolute atomic E-state index is 0.0131. The van der Waals surface area contributed by atoms with Gasteiger partial charge in [-0.25, -0.2) is 8.42 Å². The van der Waals surface area contributed by atoms with Gasteiger partial charge in [0.1, 0.15) is 16.4 Å². The zero-order valence-corrected chi connectivity index (χ0v) is 20.8. The number of nitrogens with two attached hydrogens (primary N) is 2. The molecular formula is C26H22N4O4S2. The smallest absolute Gasteiger partial charge is 0.280 e. The molecule has 0 saturated carbocycles. The van der Waals surface area contributed by atoms with Gasteiger partial charge in [0.05, 0.1) is 5.52 Å². The van der Waals surface area contributed by atoms with Crippen LogP contribution in [0.3, 0.4) is 0 Å². The van der Waals surface area contributed by atoms with E-state index in [0.717, 1.165) is 28.4 Å². The van der Waals surface area contributed by atoms with Gasteiger partial charge < -0.3 is 16.2 Å². The Kier molecular flexibility index (Phi) is 7.09. The zero-order valence-electron chi connectivity index (χ0n) is 19.2. The highest BCUT2D eigenvalue weighted by atomic mass is 32.2. The zero-order chi connectivity index (χ0) is 25.9. The van der Waals surface area contributed by atoms with E-state index in [2.05, 4.69) is 9.98 Å². The molecule has 8 nitrogen and oxygen atoms in total. The number of benzene rings is 3. The SMILES string of the molecule is CS(=O)(=O)c1cc(C(=O)N=C(N)N)ccc1Oc1ccc(C(=S)Cc2ccc3ccccc3n2)cc1. The van der Waals surface area contributed by atoms with Gasteiger partial charge in [-0.2, -0.15) is 4.99 Å². The lowest BCUT2D eigenvalue weighted by Crippen LogP contribution is -2.24. The third-order valence-electron chi connectivity index (χ3n) is 5.22. The molecular weight excluding hydrogens is 496 g/mol. The maximum Gasteiger partial charge on any atom is 0.280 e. The fourth-order valence-corrected chi connectivity index (χ4v) is 4.61. The Hall–Kier alpha value is -4.15. The number of para-hydroxylation sites is 1. The van der Waals surface area contributed by atoms with Crippen molar-refractivity contribution in [3.05, 3.63) is 95.7 Å². The Morgan fingerprint density at radius 3 is 2.36 bits per heavy atom. The number of pyridine rings is 1. The van der Waals surface area contributed by atoms with Crippen molar-refractivity contribution in [1.29, 1.82) is 0 Å². The van der Waals surface area contributed by atoms with Gasteiger partial charge in [0.2, 0.25) is 0 Å². The summed E-state index contributed by atoms with van der Waals surface area (Å²) >= 11 is 5.62. The van der Waals surface area contributed by atoms with E-state index < -0.39 is 21.7 Å². The molecule has 1 aromatic heterocycles. The van der Waals surface area contributed by atoms with Gasteiger partial charge in [-0.3, -0.25) is 9.78 Å². The molecule has 36 heavy (non-hydrogen) atoms. The molecule has 0 spiro atoms. The molecule has 0 aliphatic rings. The highest BCUT2D eigenvalue weighted by Crippen LogP contribution is 2.30. The molecule has 0 aliphatic heterocycles. The first kappa shape index (κ1) is 25.0. The van der Waals surface area contributed by atoms with Crippen molar-refractivity contribution in [1.82, 2.24) is 4.98 Å². The second kappa shape index (κ2) is 10.2. The second-order valence-electron chi connectivity index (χ2n) is 8.00. The summed E-state index contributed by atoms with van der Waals surface area (Å²) in [5, 5.41) is 1.07. The average Bonchev–Trinajstić information content (AvgIpc) is 2.83. The van der Waals surface area contributed by atoms with Crippen molar-refractivity contribution in [3.63, 3.8) is 0 Å². The van der Waals surface area contributed by atoms with E-state index >= 15 is 0 Å². The average molecular weight is 519 g/mol. The molecule has 1 amide bonds. The number of nitrogens with zero attached hydrogens (tertiary/aromatic N) is 2. The third-order valence-corrected chi connectivity index (χ3v) is 6.72. The van der Waals surface area contributed by atoms with Crippen LogP contribution in [-0.4, -0.2) is 36.4 Å². The standard InChI is InChI=1S/C26H22N4O4S2/c1-36(32,33)24-14-18(25(31)30-26(27)28)9-13-22(24)34-20-11-7-17(8-12-20)23(35)15-19-10-6-16-4-2-3-5-21(16)29-19/h2-14H,15H2,1H3,(H4,27,28,30,31). The normalized spacial score (nSPS) is 11.1. The largest absolute Gasteiger partial charge is 0.456 e. The van der Waals surface area contributed by atoms with Gasteiger partial charge in [-0.05, 0) is 48.0 Å². The number of sulfone groups is 1. The maximum atomic E-state index is 12.3. The van der Waals surface area contributed by atoms with E-state index in [4.69, 9.17) is 28.4 Å². The van der Waals surface area contributed by atoms with Gasteiger partial charge in [0.15, 0.2) is 15.8 Å². The molecule has 3 aromatic carbocycles. The van der Waals surface area contributed by atoms with Crippen molar-refractivity contribution in [2.45, 2.75) is 11.3 Å². The predicted molar refractivity (Wildman–Crippen MR) is 143 cm³/mol. The minimum atomic E-state index is -3.73. The van der Waals surface area contributed by atoms with Crippen LogP contribution in [0.4, 0.5) is 0 Å². The first-order valence-electron chi connectivity index (χ1n) is 10.7. The fraction of sp³-hybridized carbons (Fsp3) is 0.0769. The summed E-state index contributed by atoms with van der Waals surface area (Å²) in [6.07, 6.45) is 1.52. The summed E-state index contributed by atoms with van der Waals surface area (Å²) < 4.78 is 30.5. The van der Waals surface area contributed by atoms with Gasteiger partial charge in [0, 0.05) is 34.2 Å². The number of hydrogen-bond donors (Lipinski definition) is 2. The number of guanidine groups is 1. The van der Waals surface area contributed by atoms with Crippen LogP contribution in [0, 0.1) is 0 Å². The van der Waals surface area contributed by atoms with Gasteiger partial charge in [-0.1, -0.05) is 48.6 Å².